The minimum absolute atomic E-state index is 0.0918. The number of hydrogen-bond donors (Lipinski definition) is 3. The number of rotatable bonds is 7. The second kappa shape index (κ2) is 7.70. The smallest absolute Gasteiger partial charge is 0.322 e. The van der Waals surface area contributed by atoms with Crippen molar-refractivity contribution in [2.45, 2.75) is 26.0 Å². The van der Waals surface area contributed by atoms with Crippen molar-refractivity contribution < 1.29 is 23.8 Å². The lowest BCUT2D eigenvalue weighted by atomic mass is 10.1. The van der Waals surface area contributed by atoms with E-state index in [1.807, 2.05) is 6.92 Å². The fourth-order valence-electron chi connectivity index (χ4n) is 1.72. The number of aliphatic carboxylic acids is 1. The van der Waals surface area contributed by atoms with E-state index in [9.17, 15) is 14.0 Å². The van der Waals surface area contributed by atoms with Crippen LogP contribution in [0.1, 0.15) is 35.9 Å². The van der Waals surface area contributed by atoms with Crippen LogP contribution in [0.4, 0.5) is 4.39 Å². The van der Waals surface area contributed by atoms with Gasteiger partial charge < -0.3 is 20.9 Å². The third-order valence-electron chi connectivity index (χ3n) is 2.87. The van der Waals surface area contributed by atoms with E-state index in [1.165, 1.54) is 12.1 Å². The maximum atomic E-state index is 13.6. The summed E-state index contributed by atoms with van der Waals surface area (Å²) in [6.07, 6.45) is -0.349. The molecule has 0 unspecified atom stereocenters. The van der Waals surface area contributed by atoms with Crippen LogP contribution in [0.5, 0.6) is 0 Å². The molecule has 0 aliphatic heterocycles. The average molecular weight is 298 g/mol. The highest BCUT2D eigenvalue weighted by Crippen LogP contribution is 2.19. The Morgan fingerprint density at radius 2 is 2.10 bits per heavy atom. The third-order valence-corrected chi connectivity index (χ3v) is 2.87. The van der Waals surface area contributed by atoms with Gasteiger partial charge in [-0.1, -0.05) is 0 Å². The van der Waals surface area contributed by atoms with E-state index in [4.69, 9.17) is 15.6 Å². The number of hydrogen-bond acceptors (Lipinski definition) is 4. The quantitative estimate of drug-likeness (QED) is 0.699. The summed E-state index contributed by atoms with van der Waals surface area (Å²) in [5, 5.41) is 11.0. The van der Waals surface area contributed by atoms with E-state index in [1.54, 1.807) is 6.92 Å². The normalized spacial score (nSPS) is 13.5. The predicted octanol–water partition coefficient (Wildman–Crippen LogP) is 1.06. The van der Waals surface area contributed by atoms with Gasteiger partial charge in [0.15, 0.2) is 0 Å². The maximum Gasteiger partial charge on any atom is 0.322 e. The largest absolute Gasteiger partial charge is 0.480 e. The molecule has 1 aromatic carbocycles. The van der Waals surface area contributed by atoms with Crippen LogP contribution in [0, 0.1) is 5.82 Å². The van der Waals surface area contributed by atoms with E-state index in [2.05, 4.69) is 5.32 Å². The number of carbonyl (C=O) groups excluding carboxylic acids is 1. The van der Waals surface area contributed by atoms with Gasteiger partial charge in [-0.3, -0.25) is 9.59 Å². The maximum absolute atomic E-state index is 13.6. The van der Waals surface area contributed by atoms with Crippen LogP contribution >= 0.6 is 0 Å². The van der Waals surface area contributed by atoms with Crippen molar-refractivity contribution in [3.05, 3.63) is 35.1 Å². The number of ether oxygens (including phenoxy) is 1. The topological polar surface area (TPSA) is 102 Å². The number of benzene rings is 1. The van der Waals surface area contributed by atoms with Crippen molar-refractivity contribution in [3.63, 3.8) is 0 Å². The minimum atomic E-state index is -1.22. The zero-order chi connectivity index (χ0) is 16.0. The lowest BCUT2D eigenvalue weighted by molar-refractivity contribution is -0.138. The summed E-state index contributed by atoms with van der Waals surface area (Å²) in [6, 6.07) is 2.67. The molecular formula is C14H19FN2O4. The highest BCUT2D eigenvalue weighted by atomic mass is 19.1. The Balaban J connectivity index is 2.82. The van der Waals surface area contributed by atoms with E-state index in [0.29, 0.717) is 12.2 Å². The van der Waals surface area contributed by atoms with Gasteiger partial charge in [-0.25, -0.2) is 4.39 Å². The van der Waals surface area contributed by atoms with Gasteiger partial charge in [0.05, 0.1) is 6.10 Å². The fourth-order valence-corrected chi connectivity index (χ4v) is 1.72. The van der Waals surface area contributed by atoms with Crippen LogP contribution in [-0.4, -0.2) is 36.2 Å². The summed E-state index contributed by atoms with van der Waals surface area (Å²) in [7, 11) is 0. The van der Waals surface area contributed by atoms with Gasteiger partial charge in [0, 0.05) is 18.7 Å². The van der Waals surface area contributed by atoms with Crippen LogP contribution < -0.4 is 11.1 Å². The molecule has 0 heterocycles. The molecule has 0 saturated heterocycles. The molecule has 0 fully saturated rings. The molecule has 0 aromatic heterocycles. The molecule has 0 radical (unpaired) electrons. The molecule has 6 nitrogen and oxygen atoms in total. The van der Waals surface area contributed by atoms with Crippen LogP contribution in [0.15, 0.2) is 18.2 Å². The second-order valence-electron chi connectivity index (χ2n) is 4.53. The summed E-state index contributed by atoms with van der Waals surface area (Å²) in [5.74, 6) is -2.37. The molecule has 1 aromatic rings. The lowest BCUT2D eigenvalue weighted by Crippen LogP contribution is -2.42. The summed E-state index contributed by atoms with van der Waals surface area (Å²) in [5.41, 5.74) is 5.91. The second-order valence-corrected chi connectivity index (χ2v) is 4.53. The molecule has 1 rings (SSSR count). The number of nitrogens with two attached hydrogens (primary N) is 1. The monoisotopic (exact) mass is 298 g/mol. The number of carboxylic acids is 1. The molecule has 7 heteroatoms. The Bertz CT molecular complexity index is 522. The Kier molecular flexibility index (Phi) is 6.26. The van der Waals surface area contributed by atoms with E-state index in [-0.39, 0.29) is 18.2 Å². The molecule has 0 aliphatic carbocycles. The molecule has 0 aliphatic rings. The zero-order valence-electron chi connectivity index (χ0n) is 11.9. The van der Waals surface area contributed by atoms with Crippen LogP contribution in [-0.2, 0) is 9.53 Å². The van der Waals surface area contributed by atoms with Crippen molar-refractivity contribution >= 4 is 11.9 Å². The van der Waals surface area contributed by atoms with Gasteiger partial charge in [0.1, 0.15) is 11.9 Å². The summed E-state index contributed by atoms with van der Waals surface area (Å²) >= 11 is 0. The van der Waals surface area contributed by atoms with Crippen molar-refractivity contribution in [2.24, 2.45) is 5.73 Å². The van der Waals surface area contributed by atoms with Crippen LogP contribution in [0.25, 0.3) is 0 Å². The average Bonchev–Trinajstić information content (AvgIpc) is 2.43. The first-order chi connectivity index (χ1) is 9.85. The van der Waals surface area contributed by atoms with Crippen molar-refractivity contribution in [2.75, 3.05) is 13.2 Å². The molecule has 0 saturated carbocycles. The van der Waals surface area contributed by atoms with Crippen LogP contribution in [0.3, 0.4) is 0 Å². The van der Waals surface area contributed by atoms with Crippen molar-refractivity contribution in [3.8, 4) is 0 Å². The fraction of sp³-hybridized carbons (Fsp3) is 0.429. The molecular weight excluding hydrogens is 279 g/mol. The van der Waals surface area contributed by atoms with E-state index < -0.39 is 23.7 Å². The number of carboxylic acid groups (broad SMARTS) is 1. The number of nitrogens with one attached hydrogen (secondary N) is 1. The Hall–Kier alpha value is -1.99. The summed E-state index contributed by atoms with van der Waals surface area (Å²) < 4.78 is 18.9. The van der Waals surface area contributed by atoms with Gasteiger partial charge in [0.2, 0.25) is 0 Å². The molecule has 4 N–H and O–H groups in total. The first kappa shape index (κ1) is 17.1. The predicted molar refractivity (Wildman–Crippen MR) is 74.4 cm³/mol. The van der Waals surface area contributed by atoms with Gasteiger partial charge in [-0.2, -0.15) is 0 Å². The zero-order valence-corrected chi connectivity index (χ0v) is 11.9. The first-order valence-electron chi connectivity index (χ1n) is 6.53. The Labute approximate surface area is 122 Å². The Morgan fingerprint density at radius 1 is 1.43 bits per heavy atom. The van der Waals surface area contributed by atoms with E-state index >= 15 is 0 Å². The van der Waals surface area contributed by atoms with Crippen molar-refractivity contribution in [1.29, 1.82) is 0 Å². The standard InChI is InChI=1S/C14H19FN2O4/c1-3-21-8(2)9-4-10(6-11(15)5-9)13(18)17-7-12(16)14(19)20/h4-6,8,12H,3,7,16H2,1-2H3,(H,17,18)(H,19,20)/t8-,12-/m1/s1. The first-order valence-corrected chi connectivity index (χ1v) is 6.53. The van der Waals surface area contributed by atoms with Crippen LogP contribution in [0.2, 0.25) is 0 Å². The molecule has 0 bridgehead atoms. The van der Waals surface area contributed by atoms with Crippen molar-refractivity contribution in [1.82, 2.24) is 5.32 Å². The van der Waals surface area contributed by atoms with Gasteiger partial charge in [-0.15, -0.1) is 0 Å². The molecule has 1 amide bonds. The molecule has 21 heavy (non-hydrogen) atoms. The lowest BCUT2D eigenvalue weighted by Gasteiger charge is -2.14. The molecule has 2 atom stereocenters. The molecule has 116 valence electrons. The minimum Gasteiger partial charge on any atom is -0.480 e. The highest BCUT2D eigenvalue weighted by Gasteiger charge is 2.16. The number of carbonyl (C=O) groups is 2. The van der Waals surface area contributed by atoms with Gasteiger partial charge in [-0.05, 0) is 37.6 Å². The number of halogens is 1. The third kappa shape index (κ3) is 5.13. The number of amides is 1. The Morgan fingerprint density at radius 3 is 2.67 bits per heavy atom. The molecule has 0 spiro atoms. The van der Waals surface area contributed by atoms with Gasteiger partial charge in [0.25, 0.3) is 5.91 Å². The SMILES string of the molecule is CCO[C@H](C)c1cc(F)cc(C(=O)NC[C@@H](N)C(=O)O)c1. The highest BCUT2D eigenvalue weighted by molar-refractivity contribution is 5.94. The van der Waals surface area contributed by atoms with E-state index in [0.717, 1.165) is 6.07 Å². The summed E-state index contributed by atoms with van der Waals surface area (Å²) in [6.45, 7) is 3.80. The summed E-state index contributed by atoms with van der Waals surface area (Å²) in [4.78, 5) is 22.5. The van der Waals surface area contributed by atoms with Gasteiger partial charge >= 0.3 is 5.97 Å².